The summed E-state index contributed by atoms with van der Waals surface area (Å²) in [4.78, 5) is 33.1. The number of carbonyl (C=O) groups is 2. The number of methoxy groups -OCH3 is 2. The molecule has 1 amide bonds. The van der Waals surface area contributed by atoms with Crippen LogP contribution in [0.5, 0.6) is 0 Å². The van der Waals surface area contributed by atoms with Gasteiger partial charge in [-0.1, -0.05) is 18.7 Å². The van der Waals surface area contributed by atoms with Crippen LogP contribution in [0.4, 0.5) is 5.82 Å². The van der Waals surface area contributed by atoms with Crippen molar-refractivity contribution < 1.29 is 19.1 Å². The highest BCUT2D eigenvalue weighted by Crippen LogP contribution is 2.24. The standard InChI is InChI=1S/C21H26N6O4S/c1-4-32-21-25-17(22-10-12-30-2)16-13-24-27(18(16)26-21)11-9-23-19(28)14-5-7-15(8-6-14)20(29)31-3/h5-8,13H,4,9-12H2,1-3H3,(H,23,28)(H,22,25,26). The van der Waals surface area contributed by atoms with Gasteiger partial charge in [-0.25, -0.2) is 19.4 Å². The zero-order chi connectivity index (χ0) is 22.9. The lowest BCUT2D eigenvalue weighted by molar-refractivity contribution is 0.0600. The molecule has 10 nitrogen and oxygen atoms in total. The van der Waals surface area contributed by atoms with Gasteiger partial charge < -0.3 is 20.1 Å². The third kappa shape index (κ3) is 5.74. The van der Waals surface area contributed by atoms with Crippen molar-refractivity contribution in [1.29, 1.82) is 0 Å². The first-order valence-corrected chi connectivity index (χ1v) is 11.1. The Morgan fingerprint density at radius 3 is 2.53 bits per heavy atom. The van der Waals surface area contributed by atoms with Gasteiger partial charge in [0.1, 0.15) is 5.82 Å². The average Bonchev–Trinajstić information content (AvgIpc) is 3.22. The minimum absolute atomic E-state index is 0.239. The van der Waals surface area contributed by atoms with Crippen LogP contribution >= 0.6 is 11.8 Å². The van der Waals surface area contributed by atoms with Crippen LogP contribution in [-0.2, 0) is 16.0 Å². The monoisotopic (exact) mass is 458 g/mol. The number of aromatic nitrogens is 4. The van der Waals surface area contributed by atoms with Gasteiger partial charge in [0.25, 0.3) is 5.91 Å². The average molecular weight is 459 g/mol. The van der Waals surface area contributed by atoms with Crippen molar-refractivity contribution in [2.75, 3.05) is 45.0 Å². The second kappa shape index (κ2) is 11.4. The SMILES string of the molecule is CCSc1nc(NCCOC)c2cnn(CCNC(=O)c3ccc(C(=O)OC)cc3)c2n1. The predicted octanol–water partition coefficient (Wildman–Crippen LogP) is 2.21. The van der Waals surface area contributed by atoms with E-state index in [0.29, 0.717) is 54.0 Å². The number of hydrogen-bond donors (Lipinski definition) is 2. The van der Waals surface area contributed by atoms with Crippen LogP contribution in [0.2, 0.25) is 0 Å². The fourth-order valence-corrected chi connectivity index (χ4v) is 3.52. The number of anilines is 1. The molecule has 3 aromatic rings. The van der Waals surface area contributed by atoms with Gasteiger partial charge in [0.05, 0.1) is 37.4 Å². The summed E-state index contributed by atoms with van der Waals surface area (Å²) in [5.41, 5.74) is 1.55. The molecule has 0 atom stereocenters. The van der Waals surface area contributed by atoms with Gasteiger partial charge in [-0.2, -0.15) is 5.10 Å². The molecule has 11 heteroatoms. The summed E-state index contributed by atoms with van der Waals surface area (Å²) in [6.07, 6.45) is 1.72. The highest BCUT2D eigenvalue weighted by atomic mass is 32.2. The highest BCUT2D eigenvalue weighted by molar-refractivity contribution is 7.99. The molecule has 0 spiro atoms. The molecule has 0 saturated heterocycles. The summed E-state index contributed by atoms with van der Waals surface area (Å²) in [5, 5.41) is 12.0. The van der Waals surface area contributed by atoms with Gasteiger partial charge in [-0.15, -0.1) is 0 Å². The van der Waals surface area contributed by atoms with Crippen LogP contribution in [0.25, 0.3) is 11.0 Å². The third-order valence-corrected chi connectivity index (χ3v) is 5.25. The summed E-state index contributed by atoms with van der Waals surface area (Å²) in [6.45, 7) is 4.03. The van der Waals surface area contributed by atoms with Crippen molar-refractivity contribution >= 4 is 40.5 Å². The summed E-state index contributed by atoms with van der Waals surface area (Å²) in [7, 11) is 2.96. The first-order valence-electron chi connectivity index (χ1n) is 10.1. The summed E-state index contributed by atoms with van der Waals surface area (Å²) < 4.78 is 11.5. The van der Waals surface area contributed by atoms with E-state index in [-0.39, 0.29) is 5.91 Å². The Morgan fingerprint density at radius 2 is 1.84 bits per heavy atom. The number of thioether (sulfide) groups is 1. The lowest BCUT2D eigenvalue weighted by Crippen LogP contribution is -2.27. The molecule has 32 heavy (non-hydrogen) atoms. The normalized spacial score (nSPS) is 10.8. The molecule has 2 N–H and O–H groups in total. The lowest BCUT2D eigenvalue weighted by Gasteiger charge is -2.09. The van der Waals surface area contributed by atoms with E-state index in [0.717, 1.165) is 11.1 Å². The van der Waals surface area contributed by atoms with Crippen LogP contribution in [0, 0.1) is 0 Å². The molecule has 0 aliphatic carbocycles. The first-order chi connectivity index (χ1) is 15.6. The van der Waals surface area contributed by atoms with Crippen LogP contribution in [0.15, 0.2) is 35.6 Å². The Balaban J connectivity index is 1.67. The second-order valence-electron chi connectivity index (χ2n) is 6.64. The molecule has 0 aliphatic rings. The van der Waals surface area contributed by atoms with Gasteiger partial charge in [-0.05, 0) is 30.0 Å². The van der Waals surface area contributed by atoms with E-state index < -0.39 is 5.97 Å². The van der Waals surface area contributed by atoms with Gasteiger partial charge >= 0.3 is 5.97 Å². The Kier molecular flexibility index (Phi) is 8.40. The van der Waals surface area contributed by atoms with Crippen molar-refractivity contribution in [3.05, 3.63) is 41.6 Å². The minimum Gasteiger partial charge on any atom is -0.465 e. The molecule has 0 unspecified atom stereocenters. The van der Waals surface area contributed by atoms with E-state index in [2.05, 4.69) is 30.4 Å². The van der Waals surface area contributed by atoms with Crippen molar-refractivity contribution in [3.63, 3.8) is 0 Å². The zero-order valence-corrected chi connectivity index (χ0v) is 19.1. The number of nitrogens with one attached hydrogen (secondary N) is 2. The number of carbonyl (C=O) groups excluding carboxylic acids is 2. The molecule has 2 aromatic heterocycles. The van der Waals surface area contributed by atoms with Crippen LogP contribution in [0.1, 0.15) is 27.6 Å². The predicted molar refractivity (Wildman–Crippen MR) is 122 cm³/mol. The molecule has 1 aromatic carbocycles. The van der Waals surface area contributed by atoms with Crippen molar-refractivity contribution in [3.8, 4) is 0 Å². The topological polar surface area (TPSA) is 120 Å². The summed E-state index contributed by atoms with van der Waals surface area (Å²) in [6, 6.07) is 6.29. The van der Waals surface area contributed by atoms with E-state index in [1.54, 1.807) is 54.0 Å². The van der Waals surface area contributed by atoms with E-state index in [9.17, 15) is 9.59 Å². The third-order valence-electron chi connectivity index (χ3n) is 4.53. The largest absolute Gasteiger partial charge is 0.465 e. The fourth-order valence-electron chi connectivity index (χ4n) is 2.95. The van der Waals surface area contributed by atoms with Crippen LogP contribution in [0.3, 0.4) is 0 Å². The van der Waals surface area contributed by atoms with E-state index in [4.69, 9.17) is 4.74 Å². The maximum absolute atomic E-state index is 12.4. The van der Waals surface area contributed by atoms with Gasteiger partial charge in [0.2, 0.25) is 0 Å². The summed E-state index contributed by atoms with van der Waals surface area (Å²) >= 11 is 1.55. The number of hydrogen-bond acceptors (Lipinski definition) is 9. The van der Waals surface area contributed by atoms with E-state index in [1.165, 1.54) is 7.11 Å². The molecule has 0 saturated carbocycles. The number of rotatable bonds is 11. The molecule has 0 fully saturated rings. The van der Waals surface area contributed by atoms with E-state index in [1.807, 2.05) is 6.92 Å². The molecule has 170 valence electrons. The highest BCUT2D eigenvalue weighted by Gasteiger charge is 2.14. The van der Waals surface area contributed by atoms with Gasteiger partial charge in [0.15, 0.2) is 10.8 Å². The maximum Gasteiger partial charge on any atom is 0.337 e. The van der Waals surface area contributed by atoms with Crippen molar-refractivity contribution in [1.82, 2.24) is 25.1 Å². The number of fused-ring (bicyclic) bond motifs is 1. The summed E-state index contributed by atoms with van der Waals surface area (Å²) in [5.74, 6) is 0.879. The number of amides is 1. The Morgan fingerprint density at radius 1 is 1.09 bits per heavy atom. The molecule has 2 heterocycles. The number of ether oxygens (including phenoxy) is 2. The molecular weight excluding hydrogens is 432 g/mol. The molecule has 3 rings (SSSR count). The minimum atomic E-state index is -0.443. The Bertz CT molecular complexity index is 1070. The quantitative estimate of drug-likeness (QED) is 0.193. The smallest absolute Gasteiger partial charge is 0.337 e. The van der Waals surface area contributed by atoms with Crippen molar-refractivity contribution in [2.45, 2.75) is 18.6 Å². The number of benzene rings is 1. The second-order valence-corrected chi connectivity index (χ2v) is 7.87. The van der Waals surface area contributed by atoms with Crippen LogP contribution in [-0.4, -0.2) is 71.3 Å². The van der Waals surface area contributed by atoms with Crippen molar-refractivity contribution in [2.24, 2.45) is 0 Å². The fraction of sp³-hybridized carbons (Fsp3) is 0.381. The maximum atomic E-state index is 12.4. The van der Waals surface area contributed by atoms with E-state index >= 15 is 0 Å². The number of esters is 1. The van der Waals surface area contributed by atoms with Gasteiger partial charge in [-0.3, -0.25) is 4.79 Å². The molecule has 0 bridgehead atoms. The van der Waals surface area contributed by atoms with Crippen LogP contribution < -0.4 is 10.6 Å². The Hall–Kier alpha value is -3.18. The number of nitrogens with zero attached hydrogens (tertiary/aromatic N) is 4. The lowest BCUT2D eigenvalue weighted by atomic mass is 10.1. The molecule has 0 aliphatic heterocycles. The molecular formula is C21H26N6O4S. The van der Waals surface area contributed by atoms with Gasteiger partial charge in [0, 0.05) is 25.8 Å². The first kappa shape index (κ1) is 23.5. The zero-order valence-electron chi connectivity index (χ0n) is 18.3. The molecule has 0 radical (unpaired) electrons. The Labute approximate surface area is 190 Å².